The molecular weight excluding hydrogens is 325 g/mol. The summed E-state index contributed by atoms with van der Waals surface area (Å²) in [6.45, 7) is 3.99. The van der Waals surface area contributed by atoms with Crippen LogP contribution >= 0.6 is 46.1 Å². The third kappa shape index (κ3) is 4.26. The number of alkyl halides is 1. The largest absolute Gasteiger partial charge is 0.243 e. The predicted molar refractivity (Wildman–Crippen MR) is 74.0 cm³/mol. The number of sulfonamides is 1. The summed E-state index contributed by atoms with van der Waals surface area (Å²) in [4.78, 5) is 0.00166. The van der Waals surface area contributed by atoms with Crippen LogP contribution in [0.1, 0.15) is 13.8 Å². The lowest BCUT2D eigenvalue weighted by atomic mass is 10.1. The Hall–Kier alpha value is 0.480. The van der Waals surface area contributed by atoms with Crippen molar-refractivity contribution < 1.29 is 8.42 Å². The van der Waals surface area contributed by atoms with Gasteiger partial charge < -0.3 is 0 Å². The van der Waals surface area contributed by atoms with Crippen LogP contribution in [-0.4, -0.2) is 20.3 Å². The topological polar surface area (TPSA) is 46.2 Å². The highest BCUT2D eigenvalue weighted by molar-refractivity contribution is 7.89. The molecule has 0 aliphatic heterocycles. The van der Waals surface area contributed by atoms with Crippen LogP contribution in [0.2, 0.25) is 8.67 Å². The number of thiophene rings is 1. The molecule has 0 bridgehead atoms. The van der Waals surface area contributed by atoms with Crippen molar-refractivity contribution in [3.63, 3.8) is 0 Å². The summed E-state index contributed by atoms with van der Waals surface area (Å²) in [6, 6.07) is 1.33. The first-order valence-electron chi connectivity index (χ1n) is 4.82. The van der Waals surface area contributed by atoms with Gasteiger partial charge in [0.15, 0.2) is 0 Å². The normalized spacial score (nSPS) is 14.2. The molecule has 1 unspecified atom stereocenters. The summed E-state index contributed by atoms with van der Waals surface area (Å²) < 4.78 is 26.7. The van der Waals surface area contributed by atoms with E-state index in [1.54, 1.807) is 0 Å². The third-order valence-electron chi connectivity index (χ3n) is 2.11. The number of rotatable bonds is 5. The van der Waals surface area contributed by atoms with Gasteiger partial charge in [0.05, 0.1) is 4.34 Å². The highest BCUT2D eigenvalue weighted by Crippen LogP contribution is 2.34. The minimum Gasteiger partial charge on any atom is -0.210 e. The zero-order valence-electron chi connectivity index (χ0n) is 9.21. The van der Waals surface area contributed by atoms with Gasteiger partial charge in [0.2, 0.25) is 10.0 Å². The lowest BCUT2D eigenvalue weighted by Crippen LogP contribution is -2.31. The van der Waals surface area contributed by atoms with E-state index in [1.165, 1.54) is 6.07 Å². The summed E-state index contributed by atoms with van der Waals surface area (Å²) in [5.74, 6) is 0.181. The van der Waals surface area contributed by atoms with Crippen molar-refractivity contribution in [1.29, 1.82) is 0 Å². The van der Waals surface area contributed by atoms with E-state index in [0.717, 1.165) is 11.3 Å². The fourth-order valence-corrected chi connectivity index (χ4v) is 4.39. The Morgan fingerprint density at radius 3 is 2.41 bits per heavy atom. The van der Waals surface area contributed by atoms with Crippen molar-refractivity contribution in [1.82, 2.24) is 4.72 Å². The summed E-state index contributed by atoms with van der Waals surface area (Å²) in [6.07, 6.45) is 0. The van der Waals surface area contributed by atoms with Gasteiger partial charge in [0.1, 0.15) is 9.23 Å². The Balaban J connectivity index is 2.80. The zero-order chi connectivity index (χ0) is 13.2. The second kappa shape index (κ2) is 6.08. The molecule has 0 aliphatic rings. The van der Waals surface area contributed by atoms with Crippen LogP contribution in [0.5, 0.6) is 0 Å². The van der Waals surface area contributed by atoms with Crippen molar-refractivity contribution >= 4 is 56.2 Å². The first kappa shape index (κ1) is 15.5. The summed E-state index contributed by atoms with van der Waals surface area (Å²) >= 11 is 18.5. The van der Waals surface area contributed by atoms with E-state index in [9.17, 15) is 8.42 Å². The molecule has 0 fully saturated rings. The molecule has 0 amide bonds. The van der Waals surface area contributed by atoms with Gasteiger partial charge in [-0.15, -0.1) is 22.9 Å². The molecule has 0 saturated heterocycles. The van der Waals surface area contributed by atoms with E-state index in [4.69, 9.17) is 34.8 Å². The number of hydrogen-bond donors (Lipinski definition) is 1. The molecule has 0 aromatic carbocycles. The van der Waals surface area contributed by atoms with Gasteiger partial charge in [0.25, 0.3) is 0 Å². The molecule has 1 N–H and O–H groups in total. The highest BCUT2D eigenvalue weighted by atomic mass is 35.5. The number of nitrogens with one attached hydrogen (secondary N) is 1. The third-order valence-corrected chi connectivity index (χ3v) is 5.94. The van der Waals surface area contributed by atoms with Crippen LogP contribution in [0.4, 0.5) is 0 Å². The van der Waals surface area contributed by atoms with Crippen molar-refractivity contribution in [2.75, 3.05) is 6.54 Å². The molecule has 0 saturated carbocycles. The van der Waals surface area contributed by atoms with E-state index < -0.39 is 10.0 Å². The van der Waals surface area contributed by atoms with Gasteiger partial charge in [-0.2, -0.15) is 0 Å². The lowest BCUT2D eigenvalue weighted by molar-refractivity contribution is 0.556. The summed E-state index contributed by atoms with van der Waals surface area (Å²) in [5.41, 5.74) is 0. The number of hydrogen-bond acceptors (Lipinski definition) is 3. The Morgan fingerprint density at radius 2 is 2.00 bits per heavy atom. The number of halogens is 3. The van der Waals surface area contributed by atoms with Crippen molar-refractivity contribution in [3.05, 3.63) is 14.7 Å². The van der Waals surface area contributed by atoms with Gasteiger partial charge in [-0.25, -0.2) is 13.1 Å². The molecule has 1 rings (SSSR count). The van der Waals surface area contributed by atoms with Crippen molar-refractivity contribution in [2.45, 2.75) is 24.1 Å². The fourth-order valence-electron chi connectivity index (χ4n) is 1.01. The maximum atomic E-state index is 11.9. The zero-order valence-corrected chi connectivity index (χ0v) is 13.1. The Kier molecular flexibility index (Phi) is 5.56. The second-order valence-corrected chi connectivity index (χ2v) is 8.38. The Morgan fingerprint density at radius 1 is 1.41 bits per heavy atom. The van der Waals surface area contributed by atoms with Gasteiger partial charge in [-0.3, -0.25) is 0 Å². The quantitative estimate of drug-likeness (QED) is 0.835. The van der Waals surface area contributed by atoms with Crippen LogP contribution in [-0.2, 0) is 10.0 Å². The first-order chi connectivity index (χ1) is 7.74. The Bertz CT molecular complexity index is 484. The maximum Gasteiger partial charge on any atom is 0.243 e. The van der Waals surface area contributed by atoms with E-state index in [1.807, 2.05) is 13.8 Å². The van der Waals surface area contributed by atoms with Gasteiger partial charge in [-0.05, 0) is 12.0 Å². The van der Waals surface area contributed by atoms with E-state index in [2.05, 4.69) is 4.72 Å². The minimum atomic E-state index is -3.64. The molecule has 0 spiro atoms. The van der Waals surface area contributed by atoms with E-state index in [0.29, 0.717) is 4.34 Å². The van der Waals surface area contributed by atoms with Crippen molar-refractivity contribution in [3.8, 4) is 0 Å². The molecule has 8 heteroatoms. The standard InChI is InChI=1S/C9H12Cl3NO2S2/c1-5(2)6(10)4-13-17(14,15)7-3-8(11)16-9(7)12/h3,5-6,13H,4H2,1-2H3. The highest BCUT2D eigenvalue weighted by Gasteiger charge is 2.22. The fraction of sp³-hybridized carbons (Fsp3) is 0.556. The van der Waals surface area contributed by atoms with Crippen LogP contribution in [0.25, 0.3) is 0 Å². The SMILES string of the molecule is CC(C)C(Cl)CNS(=O)(=O)c1cc(Cl)sc1Cl. The molecule has 3 nitrogen and oxygen atoms in total. The average Bonchev–Trinajstić information content (AvgIpc) is 2.55. The van der Waals surface area contributed by atoms with E-state index in [-0.39, 0.29) is 27.1 Å². The monoisotopic (exact) mass is 335 g/mol. The molecule has 0 aliphatic carbocycles. The van der Waals surface area contributed by atoms with E-state index >= 15 is 0 Å². The molecular formula is C9H12Cl3NO2S2. The van der Waals surface area contributed by atoms with Crippen LogP contribution < -0.4 is 4.72 Å². The Labute approximate surface area is 120 Å². The van der Waals surface area contributed by atoms with Gasteiger partial charge in [-0.1, -0.05) is 37.0 Å². The predicted octanol–water partition coefficient (Wildman–Crippen LogP) is 3.60. The van der Waals surface area contributed by atoms with Crippen molar-refractivity contribution in [2.24, 2.45) is 5.92 Å². The van der Waals surface area contributed by atoms with Gasteiger partial charge in [0, 0.05) is 11.9 Å². The molecule has 1 aromatic rings. The van der Waals surface area contributed by atoms with Crippen LogP contribution in [0.15, 0.2) is 11.0 Å². The average molecular weight is 337 g/mol. The lowest BCUT2D eigenvalue weighted by Gasteiger charge is -2.13. The molecule has 98 valence electrons. The minimum absolute atomic E-state index is 0.00166. The van der Waals surface area contributed by atoms with Crippen LogP contribution in [0, 0.1) is 5.92 Å². The summed E-state index contributed by atoms with van der Waals surface area (Å²) in [5, 5.41) is -0.266. The molecule has 0 radical (unpaired) electrons. The summed E-state index contributed by atoms with van der Waals surface area (Å²) in [7, 11) is -3.64. The molecule has 1 heterocycles. The van der Waals surface area contributed by atoms with Gasteiger partial charge >= 0.3 is 0 Å². The second-order valence-electron chi connectivity index (χ2n) is 3.80. The molecule has 1 aromatic heterocycles. The van der Waals surface area contributed by atoms with Crippen LogP contribution in [0.3, 0.4) is 0 Å². The smallest absolute Gasteiger partial charge is 0.210 e. The maximum absolute atomic E-state index is 11.9. The molecule has 1 atom stereocenters. The first-order valence-corrected chi connectivity index (χ1v) is 8.32. The molecule has 17 heavy (non-hydrogen) atoms.